The number of piperazine rings is 1. The van der Waals surface area contributed by atoms with E-state index < -0.39 is 12.5 Å². The molecule has 2 aromatic carbocycles. The van der Waals surface area contributed by atoms with Crippen LogP contribution in [0, 0.1) is 0 Å². The van der Waals surface area contributed by atoms with Gasteiger partial charge in [-0.1, -0.05) is 12.1 Å². The molecule has 12 heteroatoms. The maximum absolute atomic E-state index is 14.6. The molecule has 1 amide bonds. The van der Waals surface area contributed by atoms with Crippen molar-refractivity contribution in [1.29, 1.82) is 0 Å². The Morgan fingerprint density at radius 3 is 2.60 bits per heavy atom. The molecule has 0 aliphatic carbocycles. The topological polar surface area (TPSA) is 94.1 Å². The van der Waals surface area contributed by atoms with Crippen molar-refractivity contribution in [3.05, 3.63) is 66.2 Å². The number of anilines is 1. The average Bonchev–Trinajstić information content (AvgIpc) is 3.69. The van der Waals surface area contributed by atoms with Crippen LogP contribution >= 0.6 is 12.4 Å². The molecule has 0 bridgehead atoms. The average molecular weight is 599 g/mol. The molecular formula is C30H37ClF2N8O. The van der Waals surface area contributed by atoms with Crippen molar-refractivity contribution in [3.8, 4) is 11.1 Å². The molecule has 2 aromatic heterocycles. The molecule has 4 aromatic rings. The van der Waals surface area contributed by atoms with Gasteiger partial charge in [0.15, 0.2) is 0 Å². The fourth-order valence-corrected chi connectivity index (χ4v) is 5.73. The van der Waals surface area contributed by atoms with E-state index in [4.69, 9.17) is 4.98 Å². The Kier molecular flexibility index (Phi) is 9.22. The smallest absolute Gasteiger partial charge is 0.279 e. The standard InChI is InChI=1S/C30H36F2N8O.ClH/c1-21-3-2-12-39(21)18-28-36-26-9-8-25(15-27(26)37-28)35-29(41)23-6-4-22(5-7-23)24-16-34-40(17-24)20-30(31,32)19-38-13-10-33-11-14-38;/h4-9,15-17,21,33H,2-3,10-14,18-20H2,1H3,(H,35,41)(H,36,37);1H/t21-;/m0./s1. The van der Waals surface area contributed by atoms with Crippen LogP contribution in [-0.4, -0.2) is 86.7 Å². The third-order valence-electron chi connectivity index (χ3n) is 8.00. The Bertz CT molecular complexity index is 1500. The second-order valence-corrected chi connectivity index (χ2v) is 11.2. The number of H-pyrrole nitrogens is 1. The molecule has 2 aliphatic rings. The van der Waals surface area contributed by atoms with Gasteiger partial charge in [-0.2, -0.15) is 5.10 Å². The summed E-state index contributed by atoms with van der Waals surface area (Å²) in [5.41, 5.74) is 4.44. The first-order chi connectivity index (χ1) is 19.8. The molecule has 224 valence electrons. The number of carbonyl (C=O) groups excluding carboxylic acids is 1. The van der Waals surface area contributed by atoms with Crippen molar-refractivity contribution in [3.63, 3.8) is 0 Å². The number of halogens is 3. The number of hydrogen-bond acceptors (Lipinski definition) is 6. The molecule has 42 heavy (non-hydrogen) atoms. The fraction of sp³-hybridized carbons (Fsp3) is 0.433. The Hall–Kier alpha value is -3.38. The highest BCUT2D eigenvalue weighted by Crippen LogP contribution is 2.24. The fourth-order valence-electron chi connectivity index (χ4n) is 5.73. The molecule has 0 unspecified atom stereocenters. The lowest BCUT2D eigenvalue weighted by molar-refractivity contribution is -0.0506. The lowest BCUT2D eigenvalue weighted by Gasteiger charge is -2.30. The highest BCUT2D eigenvalue weighted by Gasteiger charge is 2.33. The number of alkyl halides is 2. The summed E-state index contributed by atoms with van der Waals surface area (Å²) < 4.78 is 30.6. The highest BCUT2D eigenvalue weighted by molar-refractivity contribution is 6.05. The minimum atomic E-state index is -2.88. The van der Waals surface area contributed by atoms with E-state index in [1.54, 1.807) is 41.6 Å². The highest BCUT2D eigenvalue weighted by atomic mass is 35.5. The molecule has 4 heterocycles. The molecule has 0 saturated carbocycles. The predicted molar refractivity (Wildman–Crippen MR) is 162 cm³/mol. The van der Waals surface area contributed by atoms with Gasteiger partial charge in [-0.25, -0.2) is 13.8 Å². The number of benzene rings is 2. The van der Waals surface area contributed by atoms with Crippen LogP contribution in [0.4, 0.5) is 14.5 Å². The van der Waals surface area contributed by atoms with E-state index in [2.05, 4.69) is 32.5 Å². The van der Waals surface area contributed by atoms with Crippen molar-refractivity contribution in [2.24, 2.45) is 0 Å². The van der Waals surface area contributed by atoms with Crippen LogP contribution in [0.5, 0.6) is 0 Å². The van der Waals surface area contributed by atoms with E-state index in [1.165, 1.54) is 17.5 Å². The zero-order chi connectivity index (χ0) is 28.4. The third-order valence-corrected chi connectivity index (χ3v) is 8.00. The van der Waals surface area contributed by atoms with Gasteiger partial charge in [-0.15, -0.1) is 12.4 Å². The van der Waals surface area contributed by atoms with Crippen LogP contribution in [0.25, 0.3) is 22.2 Å². The summed E-state index contributed by atoms with van der Waals surface area (Å²) in [4.78, 5) is 25.3. The number of amides is 1. The molecule has 0 spiro atoms. The number of carbonyl (C=O) groups is 1. The molecule has 9 nitrogen and oxygen atoms in total. The van der Waals surface area contributed by atoms with Crippen LogP contribution in [0.2, 0.25) is 0 Å². The monoisotopic (exact) mass is 598 g/mol. The Labute approximate surface area is 250 Å². The van der Waals surface area contributed by atoms with E-state index in [-0.39, 0.29) is 24.9 Å². The zero-order valence-corrected chi connectivity index (χ0v) is 24.5. The minimum absolute atomic E-state index is 0. The van der Waals surface area contributed by atoms with Gasteiger partial charge in [0, 0.05) is 55.2 Å². The summed E-state index contributed by atoms with van der Waals surface area (Å²) >= 11 is 0. The second kappa shape index (κ2) is 12.9. The number of nitrogens with one attached hydrogen (secondary N) is 3. The zero-order valence-electron chi connectivity index (χ0n) is 23.7. The van der Waals surface area contributed by atoms with Crippen molar-refractivity contribution >= 4 is 35.0 Å². The van der Waals surface area contributed by atoms with E-state index in [9.17, 15) is 13.6 Å². The van der Waals surface area contributed by atoms with E-state index >= 15 is 0 Å². The Morgan fingerprint density at radius 2 is 1.86 bits per heavy atom. The maximum atomic E-state index is 14.6. The largest absolute Gasteiger partial charge is 0.341 e. The number of aromatic nitrogens is 4. The van der Waals surface area contributed by atoms with Gasteiger partial charge in [0.2, 0.25) is 0 Å². The van der Waals surface area contributed by atoms with Crippen LogP contribution in [0.15, 0.2) is 54.9 Å². The number of rotatable bonds is 9. The summed E-state index contributed by atoms with van der Waals surface area (Å²) in [6, 6.07) is 13.3. The summed E-state index contributed by atoms with van der Waals surface area (Å²) in [6.07, 6.45) is 5.64. The number of likely N-dealkylation sites (tertiary alicyclic amines) is 1. The molecular weight excluding hydrogens is 562 g/mol. The molecule has 3 N–H and O–H groups in total. The number of aromatic amines is 1. The molecule has 2 aliphatic heterocycles. The minimum Gasteiger partial charge on any atom is -0.341 e. The second-order valence-electron chi connectivity index (χ2n) is 11.2. The lowest BCUT2D eigenvalue weighted by atomic mass is 10.1. The van der Waals surface area contributed by atoms with Crippen LogP contribution in [-0.2, 0) is 13.1 Å². The predicted octanol–water partition coefficient (Wildman–Crippen LogP) is 4.63. The molecule has 2 saturated heterocycles. The van der Waals surface area contributed by atoms with E-state index in [0.717, 1.165) is 54.2 Å². The Morgan fingerprint density at radius 1 is 1.07 bits per heavy atom. The van der Waals surface area contributed by atoms with Crippen LogP contribution in [0.1, 0.15) is 35.9 Å². The van der Waals surface area contributed by atoms with Crippen LogP contribution in [0.3, 0.4) is 0 Å². The summed E-state index contributed by atoms with van der Waals surface area (Å²) in [5.74, 6) is -2.18. The van der Waals surface area contributed by atoms with E-state index in [1.807, 2.05) is 18.2 Å². The maximum Gasteiger partial charge on any atom is 0.279 e. The van der Waals surface area contributed by atoms with Gasteiger partial charge in [0.25, 0.3) is 11.8 Å². The first kappa shape index (κ1) is 30.1. The molecule has 1 atom stereocenters. The quantitative estimate of drug-likeness (QED) is 0.260. The SMILES string of the molecule is C[C@H]1CCCN1Cc1nc2cc(NC(=O)c3ccc(-c4cnn(CC(F)(F)CN5CCNCC5)c4)cc3)ccc2[nH]1.Cl. The first-order valence-electron chi connectivity index (χ1n) is 14.3. The van der Waals surface area contributed by atoms with Gasteiger partial charge in [0.1, 0.15) is 12.4 Å². The Balaban J connectivity index is 0.00000353. The number of nitrogens with zero attached hydrogens (tertiary/aromatic N) is 5. The van der Waals surface area contributed by atoms with E-state index in [0.29, 0.717) is 30.4 Å². The van der Waals surface area contributed by atoms with Crippen molar-refractivity contribution in [1.82, 2.24) is 34.9 Å². The van der Waals surface area contributed by atoms with Gasteiger partial charge < -0.3 is 15.6 Å². The van der Waals surface area contributed by atoms with Gasteiger partial charge >= 0.3 is 0 Å². The first-order valence-corrected chi connectivity index (χ1v) is 14.3. The van der Waals surface area contributed by atoms with Crippen molar-refractivity contribution in [2.45, 2.75) is 44.8 Å². The molecule has 6 rings (SSSR count). The number of imidazole rings is 1. The van der Waals surface area contributed by atoms with Gasteiger partial charge in [-0.3, -0.25) is 19.3 Å². The molecule has 2 fully saturated rings. The third kappa shape index (κ3) is 7.15. The van der Waals surface area contributed by atoms with Gasteiger partial charge in [0.05, 0.1) is 30.3 Å². The van der Waals surface area contributed by atoms with Crippen LogP contribution < -0.4 is 10.6 Å². The van der Waals surface area contributed by atoms with Crippen molar-refractivity contribution < 1.29 is 13.6 Å². The van der Waals surface area contributed by atoms with Gasteiger partial charge in [-0.05, 0) is 62.2 Å². The number of fused-ring (bicyclic) bond motifs is 1. The summed E-state index contributed by atoms with van der Waals surface area (Å²) in [5, 5.41) is 10.3. The normalized spacial score (nSPS) is 18.3. The molecule has 0 radical (unpaired) electrons. The lowest BCUT2D eigenvalue weighted by Crippen LogP contribution is -2.49. The number of hydrogen-bond donors (Lipinski definition) is 3. The summed E-state index contributed by atoms with van der Waals surface area (Å²) in [6.45, 7) is 6.09. The summed E-state index contributed by atoms with van der Waals surface area (Å²) in [7, 11) is 0. The van der Waals surface area contributed by atoms with Crippen molar-refractivity contribution in [2.75, 3.05) is 44.6 Å².